The fourth-order valence-electron chi connectivity index (χ4n) is 3.87. The highest BCUT2D eigenvalue weighted by Gasteiger charge is 2.33. The van der Waals surface area contributed by atoms with Crippen molar-refractivity contribution >= 4 is 17.4 Å². The maximum Gasteiger partial charge on any atom is 0.318 e. The molecule has 7 heteroatoms. The van der Waals surface area contributed by atoms with Crippen molar-refractivity contribution in [3.05, 3.63) is 40.6 Å². The van der Waals surface area contributed by atoms with Crippen LogP contribution in [-0.2, 0) is 11.8 Å². The van der Waals surface area contributed by atoms with Crippen molar-refractivity contribution in [3.63, 3.8) is 0 Å². The number of urea groups is 1. The van der Waals surface area contributed by atoms with E-state index in [0.29, 0.717) is 6.61 Å². The average Bonchev–Trinajstić information content (AvgIpc) is 3.36. The van der Waals surface area contributed by atoms with Crippen LogP contribution in [0.15, 0.2) is 29.2 Å². The molecular formula is C18H24N4O2S. The molecular weight excluding hydrogens is 336 g/mol. The molecule has 2 amide bonds. The van der Waals surface area contributed by atoms with Gasteiger partial charge in [-0.2, -0.15) is 11.3 Å². The molecule has 2 saturated heterocycles. The summed E-state index contributed by atoms with van der Waals surface area (Å²) < 4.78 is 7.86. The van der Waals surface area contributed by atoms with Gasteiger partial charge >= 0.3 is 6.03 Å². The van der Waals surface area contributed by atoms with Crippen LogP contribution in [0, 0.1) is 0 Å². The predicted molar refractivity (Wildman–Crippen MR) is 96.5 cm³/mol. The number of rotatable bonds is 3. The largest absolute Gasteiger partial charge is 0.370 e. The summed E-state index contributed by atoms with van der Waals surface area (Å²) in [5, 5.41) is 7.48. The van der Waals surface area contributed by atoms with Gasteiger partial charge in [-0.1, -0.05) is 0 Å². The summed E-state index contributed by atoms with van der Waals surface area (Å²) in [6, 6.07) is 2.54. The lowest BCUT2D eigenvalue weighted by molar-refractivity contribution is -0.00516. The number of aryl methyl sites for hydroxylation is 1. The van der Waals surface area contributed by atoms with Crippen LogP contribution in [-0.4, -0.2) is 39.7 Å². The molecule has 1 N–H and O–H groups in total. The van der Waals surface area contributed by atoms with Gasteiger partial charge in [0.25, 0.3) is 0 Å². The SMILES string of the molecule is Cn1ccnc1C1CC(NC(=O)N2CCCC2c2ccsc2)CCO1. The number of likely N-dealkylation sites (tertiary alicyclic amines) is 1. The molecule has 0 aromatic carbocycles. The third-order valence-corrected chi connectivity index (χ3v) is 5.90. The molecule has 6 nitrogen and oxygen atoms in total. The highest BCUT2D eigenvalue weighted by molar-refractivity contribution is 7.07. The number of aromatic nitrogens is 2. The molecule has 2 aliphatic rings. The van der Waals surface area contributed by atoms with Crippen molar-refractivity contribution in [2.45, 2.75) is 43.9 Å². The van der Waals surface area contributed by atoms with Crippen LogP contribution in [0.25, 0.3) is 0 Å². The van der Waals surface area contributed by atoms with E-state index >= 15 is 0 Å². The van der Waals surface area contributed by atoms with Crippen molar-refractivity contribution < 1.29 is 9.53 Å². The van der Waals surface area contributed by atoms with Gasteiger partial charge in [-0.3, -0.25) is 0 Å². The van der Waals surface area contributed by atoms with E-state index in [2.05, 4.69) is 27.1 Å². The van der Waals surface area contributed by atoms with Gasteiger partial charge in [-0.15, -0.1) is 0 Å². The van der Waals surface area contributed by atoms with E-state index < -0.39 is 0 Å². The number of carbonyl (C=O) groups is 1. The van der Waals surface area contributed by atoms with E-state index in [9.17, 15) is 4.79 Å². The van der Waals surface area contributed by atoms with E-state index in [1.807, 2.05) is 22.7 Å². The Morgan fingerprint density at radius 1 is 1.44 bits per heavy atom. The Morgan fingerprint density at radius 3 is 3.12 bits per heavy atom. The third-order valence-electron chi connectivity index (χ3n) is 5.20. The minimum absolute atomic E-state index is 0.0506. The van der Waals surface area contributed by atoms with Gasteiger partial charge in [-0.25, -0.2) is 9.78 Å². The first-order chi connectivity index (χ1) is 12.2. The van der Waals surface area contributed by atoms with Crippen molar-refractivity contribution in [1.29, 1.82) is 0 Å². The molecule has 0 bridgehead atoms. The van der Waals surface area contributed by atoms with E-state index in [4.69, 9.17) is 4.74 Å². The molecule has 0 aliphatic carbocycles. The fourth-order valence-corrected chi connectivity index (χ4v) is 4.58. The summed E-state index contributed by atoms with van der Waals surface area (Å²) in [7, 11) is 1.98. The second-order valence-corrected chi connectivity index (χ2v) is 7.61. The zero-order chi connectivity index (χ0) is 17.2. The second kappa shape index (κ2) is 7.17. The van der Waals surface area contributed by atoms with Crippen molar-refractivity contribution in [3.8, 4) is 0 Å². The Kier molecular flexibility index (Phi) is 4.76. The monoisotopic (exact) mass is 360 g/mol. The molecule has 2 aliphatic heterocycles. The highest BCUT2D eigenvalue weighted by Crippen LogP contribution is 2.33. The minimum Gasteiger partial charge on any atom is -0.370 e. The molecule has 134 valence electrons. The molecule has 2 fully saturated rings. The summed E-state index contributed by atoms with van der Waals surface area (Å²) in [6.45, 7) is 1.48. The number of imidazole rings is 1. The van der Waals surface area contributed by atoms with Gasteiger partial charge in [0, 0.05) is 45.1 Å². The maximum atomic E-state index is 12.8. The fraction of sp³-hybridized carbons (Fsp3) is 0.556. The number of hydrogen-bond acceptors (Lipinski definition) is 4. The number of thiophene rings is 1. The number of amides is 2. The molecule has 2 aromatic heterocycles. The molecule has 0 radical (unpaired) electrons. The summed E-state index contributed by atoms with van der Waals surface area (Å²) in [5.41, 5.74) is 1.26. The first kappa shape index (κ1) is 16.6. The molecule has 4 rings (SSSR count). The Bertz CT molecular complexity index is 714. The minimum atomic E-state index is -0.0506. The van der Waals surface area contributed by atoms with Crippen LogP contribution >= 0.6 is 11.3 Å². The van der Waals surface area contributed by atoms with E-state index in [-0.39, 0.29) is 24.2 Å². The van der Waals surface area contributed by atoms with Gasteiger partial charge in [-0.05, 0) is 41.7 Å². The van der Waals surface area contributed by atoms with Gasteiger partial charge in [0.15, 0.2) is 0 Å². The molecule has 25 heavy (non-hydrogen) atoms. The lowest BCUT2D eigenvalue weighted by Gasteiger charge is -2.32. The van der Waals surface area contributed by atoms with Gasteiger partial charge < -0.3 is 19.5 Å². The summed E-state index contributed by atoms with van der Waals surface area (Å²) in [4.78, 5) is 19.2. The Morgan fingerprint density at radius 2 is 2.36 bits per heavy atom. The zero-order valence-corrected chi connectivity index (χ0v) is 15.2. The lowest BCUT2D eigenvalue weighted by Crippen LogP contribution is -2.46. The number of nitrogens with one attached hydrogen (secondary N) is 1. The summed E-state index contributed by atoms with van der Waals surface area (Å²) >= 11 is 1.69. The number of ether oxygens (including phenoxy) is 1. The van der Waals surface area contributed by atoms with Gasteiger partial charge in [0.2, 0.25) is 0 Å². The van der Waals surface area contributed by atoms with Crippen molar-refractivity contribution in [2.75, 3.05) is 13.2 Å². The van der Waals surface area contributed by atoms with Crippen molar-refractivity contribution in [2.24, 2.45) is 7.05 Å². The molecule has 2 aromatic rings. The molecule has 4 heterocycles. The summed E-state index contributed by atoms with van der Waals surface area (Å²) in [6.07, 6.45) is 7.40. The number of hydrogen-bond donors (Lipinski definition) is 1. The van der Waals surface area contributed by atoms with Crippen LogP contribution < -0.4 is 5.32 Å². The normalized spacial score (nSPS) is 26.8. The molecule has 0 spiro atoms. The van der Waals surface area contributed by atoms with Crippen molar-refractivity contribution in [1.82, 2.24) is 19.8 Å². The second-order valence-electron chi connectivity index (χ2n) is 6.83. The molecule has 3 unspecified atom stereocenters. The smallest absolute Gasteiger partial charge is 0.318 e. The Hall–Kier alpha value is -1.86. The van der Waals surface area contributed by atoms with E-state index in [0.717, 1.165) is 38.1 Å². The van der Waals surface area contributed by atoms with Gasteiger partial charge in [0.05, 0.1) is 6.04 Å². The van der Waals surface area contributed by atoms with Crippen LogP contribution in [0.1, 0.15) is 49.2 Å². The first-order valence-electron chi connectivity index (χ1n) is 8.90. The topological polar surface area (TPSA) is 59.4 Å². The number of carbonyl (C=O) groups excluding carboxylic acids is 1. The third kappa shape index (κ3) is 3.43. The lowest BCUT2D eigenvalue weighted by atomic mass is 10.0. The van der Waals surface area contributed by atoms with Crippen LogP contribution in [0.3, 0.4) is 0 Å². The average molecular weight is 360 g/mol. The van der Waals surface area contributed by atoms with Gasteiger partial charge in [0.1, 0.15) is 11.9 Å². The van der Waals surface area contributed by atoms with E-state index in [1.165, 1.54) is 5.56 Å². The highest BCUT2D eigenvalue weighted by atomic mass is 32.1. The Labute approximate surface area is 151 Å². The Balaban J connectivity index is 1.39. The zero-order valence-electron chi connectivity index (χ0n) is 14.4. The van der Waals surface area contributed by atoms with Crippen LogP contribution in [0.4, 0.5) is 4.79 Å². The first-order valence-corrected chi connectivity index (χ1v) is 9.84. The number of nitrogens with zero attached hydrogens (tertiary/aromatic N) is 3. The van der Waals surface area contributed by atoms with E-state index in [1.54, 1.807) is 17.5 Å². The molecule has 3 atom stereocenters. The van der Waals surface area contributed by atoms with Crippen LogP contribution in [0.5, 0.6) is 0 Å². The van der Waals surface area contributed by atoms with Crippen LogP contribution in [0.2, 0.25) is 0 Å². The maximum absolute atomic E-state index is 12.8. The standard InChI is InChI=1S/C18H24N4O2S/c1-21-8-6-19-17(21)16-11-14(4-9-24-16)20-18(23)22-7-2-3-15(22)13-5-10-25-12-13/h5-6,8,10,12,14-16H,2-4,7,9,11H2,1H3,(H,20,23). The predicted octanol–water partition coefficient (Wildman–Crippen LogP) is 3.25. The molecule has 0 saturated carbocycles. The quantitative estimate of drug-likeness (QED) is 0.914. The summed E-state index contributed by atoms with van der Waals surface area (Å²) in [5.74, 6) is 0.927.